The molecule has 0 unspecified atom stereocenters. The fraction of sp³-hybridized carbons (Fsp3) is 0.0769. The van der Waals surface area contributed by atoms with Gasteiger partial charge in [-0.1, -0.05) is 12.1 Å². The Bertz CT molecular complexity index is 558. The highest BCUT2D eigenvalue weighted by atomic mass is 19.4. The zero-order chi connectivity index (χ0) is 13.3. The highest BCUT2D eigenvalue weighted by Gasteiger charge is 2.30. The lowest BCUT2D eigenvalue weighted by atomic mass is 10.0. The van der Waals surface area contributed by atoms with Gasteiger partial charge in [-0.2, -0.15) is 13.2 Å². The van der Waals surface area contributed by atoms with E-state index in [0.717, 1.165) is 12.1 Å². The van der Waals surface area contributed by atoms with Crippen molar-refractivity contribution in [2.45, 2.75) is 6.18 Å². The molecule has 0 amide bonds. The Morgan fingerprint density at radius 1 is 0.889 bits per heavy atom. The molecule has 2 aromatic carbocycles. The van der Waals surface area contributed by atoms with Gasteiger partial charge in [0.1, 0.15) is 5.82 Å². The van der Waals surface area contributed by atoms with Gasteiger partial charge >= 0.3 is 6.18 Å². The second kappa shape index (κ2) is 4.33. The van der Waals surface area contributed by atoms with E-state index in [1.807, 2.05) is 0 Å². The smallest absolute Gasteiger partial charge is 0.399 e. The molecule has 0 aliphatic heterocycles. The van der Waals surface area contributed by atoms with Crippen LogP contribution in [0.2, 0.25) is 0 Å². The SMILES string of the molecule is Nc1ccc(F)c(-c2ccc(C(F)(F)F)cc2)c1. The molecule has 0 saturated carbocycles. The van der Waals surface area contributed by atoms with Crippen LogP contribution in [-0.4, -0.2) is 0 Å². The van der Waals surface area contributed by atoms with Crippen LogP contribution in [0.5, 0.6) is 0 Å². The van der Waals surface area contributed by atoms with Gasteiger partial charge in [0.05, 0.1) is 5.56 Å². The molecule has 5 heteroatoms. The summed E-state index contributed by atoms with van der Waals surface area (Å²) >= 11 is 0. The molecule has 2 rings (SSSR count). The maximum Gasteiger partial charge on any atom is 0.416 e. The molecule has 0 radical (unpaired) electrons. The summed E-state index contributed by atoms with van der Waals surface area (Å²) in [5.74, 6) is -0.524. The lowest BCUT2D eigenvalue weighted by molar-refractivity contribution is -0.137. The Balaban J connectivity index is 2.43. The number of rotatable bonds is 1. The third-order valence-electron chi connectivity index (χ3n) is 2.51. The number of nitrogens with two attached hydrogens (primary N) is 1. The van der Waals surface area contributed by atoms with Crippen molar-refractivity contribution < 1.29 is 17.6 Å². The minimum Gasteiger partial charge on any atom is -0.399 e. The van der Waals surface area contributed by atoms with Crippen molar-refractivity contribution in [3.63, 3.8) is 0 Å². The minimum atomic E-state index is -4.40. The number of anilines is 1. The lowest BCUT2D eigenvalue weighted by Crippen LogP contribution is -2.04. The van der Waals surface area contributed by atoms with Gasteiger partial charge in [-0.15, -0.1) is 0 Å². The van der Waals surface area contributed by atoms with Crippen LogP contribution < -0.4 is 5.73 Å². The molecular formula is C13H9F4N. The monoisotopic (exact) mass is 255 g/mol. The van der Waals surface area contributed by atoms with E-state index in [1.165, 1.54) is 30.3 Å². The number of alkyl halides is 3. The maximum atomic E-state index is 13.5. The molecule has 18 heavy (non-hydrogen) atoms. The molecule has 1 nitrogen and oxygen atoms in total. The van der Waals surface area contributed by atoms with Crippen molar-refractivity contribution in [2.24, 2.45) is 0 Å². The van der Waals surface area contributed by atoms with E-state index in [1.54, 1.807) is 0 Å². The molecule has 0 bridgehead atoms. The maximum absolute atomic E-state index is 13.5. The quantitative estimate of drug-likeness (QED) is 0.602. The van der Waals surface area contributed by atoms with Gasteiger partial charge < -0.3 is 5.73 Å². The predicted octanol–water partition coefficient (Wildman–Crippen LogP) is 4.09. The fourth-order valence-electron chi connectivity index (χ4n) is 1.60. The van der Waals surface area contributed by atoms with Gasteiger partial charge in [0, 0.05) is 11.3 Å². The van der Waals surface area contributed by atoms with Crippen LogP contribution in [0.3, 0.4) is 0 Å². The Morgan fingerprint density at radius 3 is 2.06 bits per heavy atom. The zero-order valence-electron chi connectivity index (χ0n) is 9.13. The normalized spacial score (nSPS) is 11.6. The number of halogens is 4. The van der Waals surface area contributed by atoms with Crippen molar-refractivity contribution in [1.29, 1.82) is 0 Å². The zero-order valence-corrected chi connectivity index (χ0v) is 9.13. The number of nitrogen functional groups attached to an aromatic ring is 1. The molecule has 0 aliphatic carbocycles. The topological polar surface area (TPSA) is 26.0 Å². The molecule has 2 aromatic rings. The van der Waals surface area contributed by atoms with E-state index in [0.29, 0.717) is 11.3 Å². The van der Waals surface area contributed by atoms with E-state index in [2.05, 4.69) is 0 Å². The second-order valence-electron chi connectivity index (χ2n) is 3.81. The van der Waals surface area contributed by atoms with Crippen molar-refractivity contribution in [2.75, 3.05) is 5.73 Å². The van der Waals surface area contributed by atoms with Crippen molar-refractivity contribution in [3.8, 4) is 11.1 Å². The van der Waals surface area contributed by atoms with Gasteiger partial charge in [0.25, 0.3) is 0 Å². The minimum absolute atomic E-state index is 0.184. The van der Waals surface area contributed by atoms with Crippen LogP contribution in [0.15, 0.2) is 42.5 Å². The van der Waals surface area contributed by atoms with Crippen LogP contribution in [0.4, 0.5) is 23.2 Å². The van der Waals surface area contributed by atoms with Gasteiger partial charge in [-0.3, -0.25) is 0 Å². The first-order chi connectivity index (χ1) is 8.38. The average molecular weight is 255 g/mol. The fourth-order valence-corrected chi connectivity index (χ4v) is 1.60. The summed E-state index contributed by atoms with van der Waals surface area (Å²) in [5.41, 5.74) is 5.64. The average Bonchev–Trinajstić information content (AvgIpc) is 2.31. The number of hydrogen-bond acceptors (Lipinski definition) is 1. The molecule has 0 aliphatic rings. The molecule has 0 heterocycles. The van der Waals surface area contributed by atoms with Crippen LogP contribution in [0.1, 0.15) is 5.56 Å². The van der Waals surface area contributed by atoms with Gasteiger partial charge in [-0.25, -0.2) is 4.39 Å². The Kier molecular flexibility index (Phi) is 2.98. The van der Waals surface area contributed by atoms with Crippen LogP contribution in [-0.2, 0) is 6.18 Å². The molecule has 0 saturated heterocycles. The van der Waals surface area contributed by atoms with E-state index >= 15 is 0 Å². The van der Waals surface area contributed by atoms with Crippen molar-refractivity contribution in [1.82, 2.24) is 0 Å². The summed E-state index contributed by atoms with van der Waals surface area (Å²) in [5, 5.41) is 0. The summed E-state index contributed by atoms with van der Waals surface area (Å²) in [6, 6.07) is 8.24. The van der Waals surface area contributed by atoms with Crippen molar-refractivity contribution >= 4 is 5.69 Å². The molecule has 94 valence electrons. The molecule has 2 N–H and O–H groups in total. The highest BCUT2D eigenvalue weighted by molar-refractivity contribution is 5.68. The summed E-state index contributed by atoms with van der Waals surface area (Å²) in [7, 11) is 0. The standard InChI is InChI=1S/C13H9F4N/c14-12-6-5-10(18)7-11(12)8-1-3-9(4-2-8)13(15,16)17/h1-7H,18H2. The summed E-state index contributed by atoms with van der Waals surface area (Å²) in [6.07, 6.45) is -4.40. The first-order valence-corrected chi connectivity index (χ1v) is 5.10. The highest BCUT2D eigenvalue weighted by Crippen LogP contribution is 2.32. The first kappa shape index (κ1) is 12.4. The van der Waals surface area contributed by atoms with Gasteiger partial charge in [0.2, 0.25) is 0 Å². The number of hydrogen-bond donors (Lipinski definition) is 1. The molecular weight excluding hydrogens is 246 g/mol. The van der Waals surface area contributed by atoms with Crippen LogP contribution in [0, 0.1) is 5.82 Å². The molecule has 0 fully saturated rings. The van der Waals surface area contributed by atoms with Gasteiger partial charge in [-0.05, 0) is 35.9 Å². The Labute approximate surface area is 101 Å². The first-order valence-electron chi connectivity index (χ1n) is 5.10. The summed E-state index contributed by atoms with van der Waals surface area (Å²) in [4.78, 5) is 0. The Morgan fingerprint density at radius 2 is 1.50 bits per heavy atom. The largest absolute Gasteiger partial charge is 0.416 e. The third kappa shape index (κ3) is 2.45. The number of benzene rings is 2. The van der Waals surface area contributed by atoms with Gasteiger partial charge in [0.15, 0.2) is 0 Å². The molecule has 0 atom stereocenters. The summed E-state index contributed by atoms with van der Waals surface area (Å²) < 4.78 is 50.6. The van der Waals surface area contributed by atoms with Crippen LogP contribution >= 0.6 is 0 Å². The molecule has 0 spiro atoms. The second-order valence-corrected chi connectivity index (χ2v) is 3.81. The van der Waals surface area contributed by atoms with E-state index in [-0.39, 0.29) is 5.56 Å². The van der Waals surface area contributed by atoms with E-state index in [9.17, 15) is 17.6 Å². The third-order valence-corrected chi connectivity index (χ3v) is 2.51. The predicted molar refractivity (Wildman–Crippen MR) is 61.3 cm³/mol. The van der Waals surface area contributed by atoms with E-state index in [4.69, 9.17) is 5.73 Å². The van der Waals surface area contributed by atoms with Crippen LogP contribution in [0.25, 0.3) is 11.1 Å². The van der Waals surface area contributed by atoms with E-state index < -0.39 is 17.6 Å². The molecule has 0 aromatic heterocycles. The lowest BCUT2D eigenvalue weighted by Gasteiger charge is -2.08. The summed E-state index contributed by atoms with van der Waals surface area (Å²) in [6.45, 7) is 0. The Hall–Kier alpha value is -2.04. The van der Waals surface area contributed by atoms with Crippen molar-refractivity contribution in [3.05, 3.63) is 53.8 Å².